The van der Waals surface area contributed by atoms with Crippen LogP contribution in [0.4, 0.5) is 4.79 Å². The normalized spacial score (nSPS) is 16.3. The van der Waals surface area contributed by atoms with E-state index in [9.17, 15) is 4.79 Å². The van der Waals surface area contributed by atoms with Crippen LogP contribution in [0, 0.1) is 0 Å². The van der Waals surface area contributed by atoms with Crippen LogP contribution in [0.25, 0.3) is 11.3 Å². The fourth-order valence-corrected chi connectivity index (χ4v) is 3.99. The minimum Gasteiger partial charge on any atom is -0.497 e. The van der Waals surface area contributed by atoms with Crippen LogP contribution < -0.4 is 15.4 Å². The molecule has 4 rings (SSSR count). The molecule has 10 heteroatoms. The summed E-state index contributed by atoms with van der Waals surface area (Å²) in [6.07, 6.45) is -0.103. The van der Waals surface area contributed by atoms with Gasteiger partial charge in [-0.05, 0) is 42.0 Å². The van der Waals surface area contributed by atoms with E-state index in [1.54, 1.807) is 19.2 Å². The average Bonchev–Trinajstić information content (AvgIpc) is 3.33. The van der Waals surface area contributed by atoms with Gasteiger partial charge in [-0.25, -0.2) is 4.79 Å². The number of hydrogen-bond donors (Lipinski definition) is 2. The summed E-state index contributed by atoms with van der Waals surface area (Å²) in [5.74, 6) is 1.33. The number of methoxy groups -OCH3 is 1. The van der Waals surface area contributed by atoms with Crippen LogP contribution >= 0.6 is 23.2 Å². The Morgan fingerprint density at radius 1 is 1.15 bits per heavy atom. The van der Waals surface area contributed by atoms with Gasteiger partial charge in [-0.1, -0.05) is 34.4 Å². The van der Waals surface area contributed by atoms with E-state index in [1.807, 2.05) is 36.4 Å². The summed E-state index contributed by atoms with van der Waals surface area (Å²) >= 11 is 12.1. The van der Waals surface area contributed by atoms with E-state index in [4.69, 9.17) is 37.2 Å². The van der Waals surface area contributed by atoms with Crippen molar-refractivity contribution in [3.8, 4) is 17.0 Å². The lowest BCUT2D eigenvalue weighted by atomic mass is 10.1. The first kappa shape index (κ1) is 24.3. The number of halogens is 2. The van der Waals surface area contributed by atoms with Gasteiger partial charge in [0.1, 0.15) is 11.4 Å². The molecule has 0 bridgehead atoms. The Balaban J connectivity index is 1.20. The molecule has 2 heterocycles. The van der Waals surface area contributed by atoms with Gasteiger partial charge in [-0.3, -0.25) is 4.90 Å². The SMILES string of the molecule is COc1ccc(-c2cc(CNC(=O)NC[C@H]3CN(Cc4ccc(Cl)c(Cl)c4)CCO3)on2)cc1. The third-order valence-corrected chi connectivity index (χ3v) is 6.21. The molecule has 2 aromatic carbocycles. The van der Waals surface area contributed by atoms with Crippen LogP contribution in [0.5, 0.6) is 5.75 Å². The molecule has 1 aromatic heterocycles. The molecular formula is C24H26Cl2N4O4. The van der Waals surface area contributed by atoms with Crippen LogP contribution in [-0.4, -0.2) is 55.5 Å². The number of amides is 2. The van der Waals surface area contributed by atoms with Crippen molar-refractivity contribution in [3.05, 3.63) is 69.9 Å². The smallest absolute Gasteiger partial charge is 0.315 e. The molecule has 1 aliphatic heterocycles. The van der Waals surface area contributed by atoms with Crippen molar-refractivity contribution in [1.82, 2.24) is 20.7 Å². The van der Waals surface area contributed by atoms with Crippen LogP contribution in [0.3, 0.4) is 0 Å². The molecule has 0 radical (unpaired) electrons. The highest BCUT2D eigenvalue weighted by Crippen LogP contribution is 2.24. The zero-order chi connectivity index (χ0) is 23.9. The summed E-state index contributed by atoms with van der Waals surface area (Å²) in [7, 11) is 1.62. The van der Waals surface area contributed by atoms with Crippen molar-refractivity contribution in [2.75, 3.05) is 33.4 Å². The molecular weight excluding hydrogens is 479 g/mol. The standard InChI is InChI=1S/C24H26Cl2N4O4/c1-32-18-5-3-17(4-6-18)23-11-19(34-29-23)12-27-24(31)28-13-20-15-30(8-9-33-20)14-16-2-7-21(25)22(26)10-16/h2-7,10-11,20H,8-9,12-15H2,1H3,(H2,27,28,31)/t20-/m0/s1. The van der Waals surface area contributed by atoms with Crippen molar-refractivity contribution >= 4 is 29.2 Å². The van der Waals surface area contributed by atoms with Gasteiger partial charge in [-0.2, -0.15) is 0 Å². The molecule has 2 amide bonds. The van der Waals surface area contributed by atoms with E-state index in [0.717, 1.165) is 30.0 Å². The Kier molecular flexibility index (Phi) is 8.29. The number of urea groups is 1. The van der Waals surface area contributed by atoms with Gasteiger partial charge in [0.05, 0.1) is 36.4 Å². The molecule has 0 unspecified atom stereocenters. The first-order chi connectivity index (χ1) is 16.5. The molecule has 3 aromatic rings. The number of aromatic nitrogens is 1. The number of hydrogen-bond acceptors (Lipinski definition) is 6. The van der Waals surface area contributed by atoms with Gasteiger partial charge >= 0.3 is 6.03 Å². The number of nitrogens with zero attached hydrogens (tertiary/aromatic N) is 2. The highest BCUT2D eigenvalue weighted by Gasteiger charge is 2.21. The third kappa shape index (κ3) is 6.64. The Hall–Kier alpha value is -2.78. The van der Waals surface area contributed by atoms with Crippen molar-refractivity contribution < 1.29 is 18.8 Å². The van der Waals surface area contributed by atoms with Crippen molar-refractivity contribution in [3.63, 3.8) is 0 Å². The Bertz CT molecular complexity index is 1110. The van der Waals surface area contributed by atoms with Crippen molar-refractivity contribution in [1.29, 1.82) is 0 Å². The molecule has 1 aliphatic rings. The molecule has 1 saturated heterocycles. The Labute approximate surface area is 208 Å². The molecule has 180 valence electrons. The average molecular weight is 505 g/mol. The third-order valence-electron chi connectivity index (χ3n) is 5.47. The first-order valence-corrected chi connectivity index (χ1v) is 11.7. The quantitative estimate of drug-likeness (QED) is 0.473. The highest BCUT2D eigenvalue weighted by atomic mass is 35.5. The van der Waals surface area contributed by atoms with Crippen LogP contribution in [0.15, 0.2) is 53.1 Å². The number of ether oxygens (including phenoxy) is 2. The Morgan fingerprint density at radius 2 is 1.97 bits per heavy atom. The van der Waals surface area contributed by atoms with Crippen LogP contribution in [0.2, 0.25) is 10.0 Å². The number of nitrogens with one attached hydrogen (secondary N) is 2. The zero-order valence-corrected chi connectivity index (χ0v) is 20.2. The number of benzene rings is 2. The maximum absolute atomic E-state index is 12.3. The second-order valence-electron chi connectivity index (χ2n) is 7.95. The Morgan fingerprint density at radius 3 is 2.74 bits per heavy atom. The summed E-state index contributed by atoms with van der Waals surface area (Å²) in [6, 6.07) is 14.7. The topological polar surface area (TPSA) is 88.9 Å². The largest absolute Gasteiger partial charge is 0.497 e. The summed E-state index contributed by atoms with van der Waals surface area (Å²) < 4.78 is 16.3. The lowest BCUT2D eigenvalue weighted by molar-refractivity contribution is -0.0287. The van der Waals surface area contributed by atoms with Gasteiger partial charge in [-0.15, -0.1) is 0 Å². The van der Waals surface area contributed by atoms with Crippen molar-refractivity contribution in [2.24, 2.45) is 0 Å². The van der Waals surface area contributed by atoms with Gasteiger partial charge in [0.25, 0.3) is 0 Å². The molecule has 8 nitrogen and oxygen atoms in total. The number of carbonyl (C=O) groups excluding carboxylic acids is 1. The van der Waals surface area contributed by atoms with E-state index in [1.165, 1.54) is 0 Å². The first-order valence-electron chi connectivity index (χ1n) is 10.9. The minimum atomic E-state index is -0.299. The van der Waals surface area contributed by atoms with Gasteiger partial charge in [0.15, 0.2) is 5.76 Å². The van der Waals surface area contributed by atoms with Gasteiger partial charge in [0, 0.05) is 37.8 Å². The monoisotopic (exact) mass is 504 g/mol. The minimum absolute atomic E-state index is 0.103. The molecule has 0 aliphatic carbocycles. The van der Waals surface area contributed by atoms with Gasteiger partial charge in [0.2, 0.25) is 0 Å². The van der Waals surface area contributed by atoms with E-state index in [-0.39, 0.29) is 18.7 Å². The van der Waals surface area contributed by atoms with Gasteiger partial charge < -0.3 is 24.6 Å². The molecule has 1 fully saturated rings. The second kappa shape index (κ2) is 11.6. The second-order valence-corrected chi connectivity index (χ2v) is 8.76. The molecule has 34 heavy (non-hydrogen) atoms. The van der Waals surface area contributed by atoms with E-state index >= 15 is 0 Å². The molecule has 0 saturated carbocycles. The summed E-state index contributed by atoms with van der Waals surface area (Å²) in [5.41, 5.74) is 2.68. The number of carbonyl (C=O) groups is 1. The predicted molar refractivity (Wildman–Crippen MR) is 130 cm³/mol. The molecule has 1 atom stereocenters. The summed E-state index contributed by atoms with van der Waals surface area (Å²) in [5, 5.41) is 10.8. The lowest BCUT2D eigenvalue weighted by Gasteiger charge is -2.33. The fourth-order valence-electron chi connectivity index (χ4n) is 3.67. The fraction of sp³-hybridized carbons (Fsp3) is 0.333. The summed E-state index contributed by atoms with van der Waals surface area (Å²) in [6.45, 7) is 3.48. The maximum atomic E-state index is 12.3. The van der Waals surface area contributed by atoms with E-state index in [0.29, 0.717) is 41.2 Å². The number of morpholine rings is 1. The lowest BCUT2D eigenvalue weighted by Crippen LogP contribution is -2.48. The van der Waals surface area contributed by atoms with Crippen molar-refractivity contribution in [2.45, 2.75) is 19.2 Å². The highest BCUT2D eigenvalue weighted by molar-refractivity contribution is 6.42. The van der Waals surface area contributed by atoms with E-state index in [2.05, 4.69) is 20.7 Å². The zero-order valence-electron chi connectivity index (χ0n) is 18.7. The van der Waals surface area contributed by atoms with Crippen LogP contribution in [-0.2, 0) is 17.8 Å². The van der Waals surface area contributed by atoms with Crippen LogP contribution in [0.1, 0.15) is 11.3 Å². The summed E-state index contributed by atoms with van der Waals surface area (Å²) in [4.78, 5) is 14.5. The maximum Gasteiger partial charge on any atom is 0.315 e. The van der Waals surface area contributed by atoms with E-state index < -0.39 is 0 Å². The molecule has 2 N–H and O–H groups in total. The predicted octanol–water partition coefficient (Wildman–Crippen LogP) is 4.36. The number of rotatable bonds is 8. The molecule has 0 spiro atoms.